The molecule has 29 heavy (non-hydrogen) atoms. The van der Waals surface area contributed by atoms with Gasteiger partial charge in [0.05, 0.1) is 34.5 Å². The SMILES string of the molecule is O=C(NC[C@H]1CN(c2nc(CN3CCCCC3=O)cs2)C(=O)O1)c1ccc(Cl)s1. The first-order valence-corrected chi connectivity index (χ1v) is 11.3. The van der Waals surface area contributed by atoms with Crippen molar-refractivity contribution in [1.82, 2.24) is 15.2 Å². The molecule has 8 nitrogen and oxygen atoms in total. The third kappa shape index (κ3) is 4.71. The maximum Gasteiger partial charge on any atom is 0.416 e. The van der Waals surface area contributed by atoms with Crippen LogP contribution in [-0.4, -0.2) is 53.5 Å². The normalized spacial score (nSPS) is 19.6. The standard InChI is InChI=1S/C18H19ClN4O4S2/c19-14-5-4-13(29-14)16(25)20-7-12-9-23(18(26)27-12)17-21-11(10-28-17)8-22-6-2-1-3-15(22)24/h4-5,10,12H,1-3,6-9H2,(H,20,25)/t12-/m0/s1. The maximum atomic E-state index is 12.2. The van der Waals surface area contributed by atoms with Gasteiger partial charge >= 0.3 is 6.09 Å². The van der Waals surface area contributed by atoms with Crippen LogP contribution >= 0.6 is 34.3 Å². The van der Waals surface area contributed by atoms with Crippen LogP contribution in [-0.2, 0) is 16.1 Å². The molecule has 2 aliphatic rings. The van der Waals surface area contributed by atoms with Gasteiger partial charge in [-0.1, -0.05) is 11.6 Å². The van der Waals surface area contributed by atoms with Gasteiger partial charge in [0, 0.05) is 18.3 Å². The Morgan fingerprint density at radius 1 is 1.34 bits per heavy atom. The lowest BCUT2D eigenvalue weighted by Gasteiger charge is -2.25. The van der Waals surface area contributed by atoms with E-state index < -0.39 is 12.2 Å². The second kappa shape index (κ2) is 8.68. The van der Waals surface area contributed by atoms with Crippen molar-refractivity contribution in [3.05, 3.63) is 32.4 Å². The molecule has 2 aromatic heterocycles. The molecule has 4 rings (SSSR count). The van der Waals surface area contributed by atoms with Crippen LogP contribution < -0.4 is 10.2 Å². The van der Waals surface area contributed by atoms with Gasteiger partial charge in [0.2, 0.25) is 5.91 Å². The van der Waals surface area contributed by atoms with Gasteiger partial charge in [-0.25, -0.2) is 14.7 Å². The molecule has 4 heterocycles. The van der Waals surface area contributed by atoms with Crippen molar-refractivity contribution in [1.29, 1.82) is 0 Å². The quantitative estimate of drug-likeness (QED) is 0.724. The van der Waals surface area contributed by atoms with E-state index >= 15 is 0 Å². The summed E-state index contributed by atoms with van der Waals surface area (Å²) in [5.74, 6) is -0.103. The van der Waals surface area contributed by atoms with E-state index in [9.17, 15) is 14.4 Å². The van der Waals surface area contributed by atoms with Crippen LogP contribution in [0.15, 0.2) is 17.5 Å². The third-order valence-electron chi connectivity index (χ3n) is 4.71. The summed E-state index contributed by atoms with van der Waals surface area (Å²) >= 11 is 8.38. The fourth-order valence-electron chi connectivity index (χ4n) is 3.23. The summed E-state index contributed by atoms with van der Waals surface area (Å²) in [6, 6.07) is 3.31. The lowest BCUT2D eigenvalue weighted by Crippen LogP contribution is -2.35. The van der Waals surface area contributed by atoms with Gasteiger partial charge in [0.1, 0.15) is 6.10 Å². The smallest absolute Gasteiger partial charge is 0.416 e. The predicted octanol–water partition coefficient (Wildman–Crippen LogP) is 3.13. The van der Waals surface area contributed by atoms with E-state index in [1.165, 1.54) is 27.6 Å². The molecule has 154 valence electrons. The summed E-state index contributed by atoms with van der Waals surface area (Å²) in [5.41, 5.74) is 0.763. The summed E-state index contributed by atoms with van der Waals surface area (Å²) in [6.45, 7) is 1.72. The van der Waals surface area contributed by atoms with E-state index in [-0.39, 0.29) is 18.4 Å². The molecule has 0 unspecified atom stereocenters. The molecule has 0 aliphatic carbocycles. The Morgan fingerprint density at radius 2 is 2.21 bits per heavy atom. The van der Waals surface area contributed by atoms with Crippen LogP contribution in [0.4, 0.5) is 9.93 Å². The minimum absolute atomic E-state index is 0.147. The van der Waals surface area contributed by atoms with Crippen LogP contribution in [0.5, 0.6) is 0 Å². The van der Waals surface area contributed by atoms with Crippen molar-refractivity contribution >= 4 is 57.3 Å². The van der Waals surface area contributed by atoms with Gasteiger partial charge in [0.15, 0.2) is 5.13 Å². The number of nitrogens with one attached hydrogen (secondary N) is 1. The van der Waals surface area contributed by atoms with E-state index in [1.807, 2.05) is 5.38 Å². The van der Waals surface area contributed by atoms with Gasteiger partial charge in [-0.3, -0.25) is 9.59 Å². The van der Waals surface area contributed by atoms with Crippen LogP contribution in [0.2, 0.25) is 4.34 Å². The highest BCUT2D eigenvalue weighted by molar-refractivity contribution is 7.18. The highest BCUT2D eigenvalue weighted by Gasteiger charge is 2.34. The lowest BCUT2D eigenvalue weighted by molar-refractivity contribution is -0.133. The Bertz CT molecular complexity index is 931. The number of likely N-dealkylation sites (tertiary alicyclic amines) is 1. The van der Waals surface area contributed by atoms with E-state index in [0.29, 0.717) is 33.9 Å². The first-order chi connectivity index (χ1) is 14.0. The van der Waals surface area contributed by atoms with E-state index in [0.717, 1.165) is 25.1 Å². The van der Waals surface area contributed by atoms with Gasteiger partial charge in [0.25, 0.3) is 5.91 Å². The number of hydrogen-bond acceptors (Lipinski definition) is 7. The number of cyclic esters (lactones) is 1. The van der Waals surface area contributed by atoms with E-state index in [4.69, 9.17) is 16.3 Å². The minimum atomic E-state index is -0.488. The van der Waals surface area contributed by atoms with Crippen molar-refractivity contribution in [2.45, 2.75) is 31.9 Å². The topological polar surface area (TPSA) is 91.8 Å². The average Bonchev–Trinajstić information content (AvgIpc) is 3.42. The van der Waals surface area contributed by atoms with Crippen molar-refractivity contribution in [3.63, 3.8) is 0 Å². The zero-order chi connectivity index (χ0) is 20.4. The number of halogens is 1. The number of aromatic nitrogens is 1. The molecule has 0 saturated carbocycles. The second-order valence-corrected chi connectivity index (χ2v) is 9.38. The third-order valence-corrected chi connectivity index (χ3v) is 6.85. The summed E-state index contributed by atoms with van der Waals surface area (Å²) < 4.78 is 5.89. The zero-order valence-electron chi connectivity index (χ0n) is 15.4. The fraction of sp³-hybridized carbons (Fsp3) is 0.444. The number of carbonyl (C=O) groups is 3. The second-order valence-electron chi connectivity index (χ2n) is 6.82. The van der Waals surface area contributed by atoms with E-state index in [2.05, 4.69) is 10.3 Å². The number of carbonyl (C=O) groups excluding carboxylic acids is 3. The fourth-order valence-corrected chi connectivity index (χ4v) is 5.01. The van der Waals surface area contributed by atoms with Crippen molar-refractivity contribution in [3.8, 4) is 0 Å². The zero-order valence-corrected chi connectivity index (χ0v) is 17.8. The largest absolute Gasteiger partial charge is 0.442 e. The first-order valence-electron chi connectivity index (χ1n) is 9.23. The molecule has 2 fully saturated rings. The summed E-state index contributed by atoms with van der Waals surface area (Å²) in [7, 11) is 0. The number of amides is 3. The summed E-state index contributed by atoms with van der Waals surface area (Å²) in [4.78, 5) is 44.6. The molecule has 0 aromatic carbocycles. The lowest BCUT2D eigenvalue weighted by atomic mass is 10.1. The van der Waals surface area contributed by atoms with Crippen LogP contribution in [0.25, 0.3) is 0 Å². The number of rotatable bonds is 6. The van der Waals surface area contributed by atoms with Gasteiger partial charge in [-0.2, -0.15) is 0 Å². The molecule has 0 bridgehead atoms. The molecule has 3 amide bonds. The van der Waals surface area contributed by atoms with Crippen molar-refractivity contribution in [2.75, 3.05) is 24.5 Å². The number of thiophene rings is 1. The number of anilines is 1. The Morgan fingerprint density at radius 3 is 2.97 bits per heavy atom. The van der Waals surface area contributed by atoms with Gasteiger partial charge in [-0.05, 0) is 25.0 Å². The molecular weight excluding hydrogens is 436 g/mol. The number of nitrogens with zero attached hydrogens (tertiary/aromatic N) is 3. The molecule has 2 saturated heterocycles. The Balaban J connectivity index is 1.31. The molecule has 0 spiro atoms. The highest BCUT2D eigenvalue weighted by atomic mass is 35.5. The number of hydrogen-bond donors (Lipinski definition) is 1. The summed E-state index contributed by atoms with van der Waals surface area (Å²) in [5, 5.41) is 5.16. The molecule has 11 heteroatoms. The van der Waals surface area contributed by atoms with Crippen LogP contribution in [0.3, 0.4) is 0 Å². The predicted molar refractivity (Wildman–Crippen MR) is 111 cm³/mol. The van der Waals surface area contributed by atoms with Crippen molar-refractivity contribution in [2.24, 2.45) is 0 Å². The Kier molecular flexibility index (Phi) is 6.02. The monoisotopic (exact) mass is 454 g/mol. The minimum Gasteiger partial charge on any atom is -0.442 e. The Hall–Kier alpha value is -2.17. The molecule has 0 radical (unpaired) electrons. The van der Waals surface area contributed by atoms with Crippen LogP contribution in [0.1, 0.15) is 34.6 Å². The van der Waals surface area contributed by atoms with E-state index in [1.54, 1.807) is 17.0 Å². The Labute approximate surface area is 180 Å². The van der Waals surface area contributed by atoms with Gasteiger partial charge < -0.3 is 15.0 Å². The van der Waals surface area contributed by atoms with Crippen LogP contribution in [0, 0.1) is 0 Å². The molecule has 2 aliphatic heterocycles. The maximum absolute atomic E-state index is 12.2. The van der Waals surface area contributed by atoms with Gasteiger partial charge in [-0.15, -0.1) is 22.7 Å². The molecule has 2 aromatic rings. The molecule has 1 atom stereocenters. The number of piperidine rings is 1. The highest BCUT2D eigenvalue weighted by Crippen LogP contribution is 2.27. The first kappa shape index (κ1) is 20.1. The molecular formula is C18H19ClN4O4S2. The average molecular weight is 455 g/mol. The molecule has 1 N–H and O–H groups in total. The van der Waals surface area contributed by atoms with Crippen molar-refractivity contribution < 1.29 is 19.1 Å². The number of thiazole rings is 1. The number of ether oxygens (including phenoxy) is 1. The summed E-state index contributed by atoms with van der Waals surface area (Å²) in [6.07, 6.45) is 1.58.